The average molecular weight is 194 g/mol. The highest BCUT2D eigenvalue weighted by atomic mass is 16.2. The molecule has 0 radical (unpaired) electrons. The molecule has 76 valence electrons. The lowest BCUT2D eigenvalue weighted by Crippen LogP contribution is -2.40. The van der Waals surface area contributed by atoms with Crippen molar-refractivity contribution in [2.45, 2.75) is 32.5 Å². The predicted molar refractivity (Wildman–Crippen MR) is 51.1 cm³/mol. The van der Waals surface area contributed by atoms with Gasteiger partial charge in [-0.2, -0.15) is 5.10 Å². The minimum atomic E-state index is -0.369. The van der Waals surface area contributed by atoms with Crippen molar-refractivity contribution in [1.82, 2.24) is 15.1 Å². The topological polar surface area (TPSA) is 75.0 Å². The largest absolute Gasteiger partial charge is 0.331 e. The number of carbonyl (C=O) groups excluding carboxylic acids is 1. The predicted octanol–water partition coefficient (Wildman–Crippen LogP) is -0.0108. The number of carbonyl (C=O) groups is 1. The zero-order chi connectivity index (χ0) is 10.1. The van der Waals surface area contributed by atoms with E-state index in [-0.39, 0.29) is 11.9 Å². The molecule has 1 atom stereocenters. The summed E-state index contributed by atoms with van der Waals surface area (Å²) in [5.41, 5.74) is 7.81. The van der Waals surface area contributed by atoms with Gasteiger partial charge in [0, 0.05) is 12.1 Å². The summed E-state index contributed by atoms with van der Waals surface area (Å²) in [5, 5.41) is 6.78. The van der Waals surface area contributed by atoms with E-state index >= 15 is 0 Å². The van der Waals surface area contributed by atoms with Crippen molar-refractivity contribution in [3.05, 3.63) is 17.5 Å². The van der Waals surface area contributed by atoms with E-state index in [1.54, 1.807) is 11.1 Å². The van der Waals surface area contributed by atoms with Crippen LogP contribution in [0.3, 0.4) is 0 Å². The Labute approximate surface area is 82.3 Å². The Morgan fingerprint density at radius 1 is 1.79 bits per heavy atom. The van der Waals surface area contributed by atoms with Gasteiger partial charge in [-0.25, -0.2) is 0 Å². The number of H-pyrrole nitrogens is 1. The lowest BCUT2D eigenvalue weighted by atomic mass is 10.2. The van der Waals surface area contributed by atoms with Gasteiger partial charge in [-0.15, -0.1) is 0 Å². The van der Waals surface area contributed by atoms with E-state index in [1.807, 2.05) is 6.92 Å². The van der Waals surface area contributed by atoms with Crippen LogP contribution < -0.4 is 5.73 Å². The summed E-state index contributed by atoms with van der Waals surface area (Å²) in [6.45, 7) is 3.17. The summed E-state index contributed by atoms with van der Waals surface area (Å²) in [7, 11) is 0. The first kappa shape index (κ1) is 9.21. The summed E-state index contributed by atoms with van der Waals surface area (Å²) >= 11 is 0. The van der Waals surface area contributed by atoms with Crippen molar-refractivity contribution in [2.24, 2.45) is 5.73 Å². The van der Waals surface area contributed by atoms with Crippen LogP contribution in [0.15, 0.2) is 6.20 Å². The number of aromatic nitrogens is 2. The minimum absolute atomic E-state index is 0.0251. The quantitative estimate of drug-likeness (QED) is 0.695. The van der Waals surface area contributed by atoms with Gasteiger partial charge in [0.25, 0.3) is 0 Å². The van der Waals surface area contributed by atoms with Crippen LogP contribution in [0.5, 0.6) is 0 Å². The minimum Gasteiger partial charge on any atom is -0.331 e. The molecule has 5 heteroatoms. The van der Waals surface area contributed by atoms with E-state index in [4.69, 9.17) is 5.73 Å². The third-order valence-corrected chi connectivity index (χ3v) is 2.59. The number of nitrogens with zero attached hydrogens (tertiary/aromatic N) is 2. The van der Waals surface area contributed by atoms with Gasteiger partial charge in [0.05, 0.1) is 24.5 Å². The zero-order valence-corrected chi connectivity index (χ0v) is 8.16. The second kappa shape index (κ2) is 3.42. The van der Waals surface area contributed by atoms with Crippen molar-refractivity contribution < 1.29 is 4.79 Å². The van der Waals surface area contributed by atoms with Crippen LogP contribution in [0.2, 0.25) is 0 Å². The molecule has 0 saturated heterocycles. The second-order valence-electron chi connectivity index (χ2n) is 3.58. The number of amides is 1. The van der Waals surface area contributed by atoms with Gasteiger partial charge in [0.15, 0.2) is 0 Å². The molecule has 0 aliphatic carbocycles. The van der Waals surface area contributed by atoms with E-state index in [9.17, 15) is 4.79 Å². The Bertz CT molecular complexity index is 326. The summed E-state index contributed by atoms with van der Waals surface area (Å²) < 4.78 is 0. The summed E-state index contributed by atoms with van der Waals surface area (Å²) in [5.74, 6) is 0.0251. The molecule has 0 saturated carbocycles. The maximum Gasteiger partial charge on any atom is 0.240 e. The van der Waals surface area contributed by atoms with E-state index in [2.05, 4.69) is 10.2 Å². The first-order valence-electron chi connectivity index (χ1n) is 4.78. The molecule has 5 nitrogen and oxygen atoms in total. The van der Waals surface area contributed by atoms with E-state index in [0.29, 0.717) is 19.5 Å². The summed E-state index contributed by atoms with van der Waals surface area (Å²) in [6, 6.07) is -0.369. The Morgan fingerprint density at radius 2 is 2.57 bits per heavy atom. The standard InChI is InChI=1S/C9H14N4O/c1-2-7(10)9(14)13-4-6-3-11-12-8(6)5-13/h3,7H,2,4-5,10H2,1H3,(H,11,12)/t7-/m0/s1. The van der Waals surface area contributed by atoms with Gasteiger partial charge in [0.1, 0.15) is 0 Å². The molecule has 0 aromatic carbocycles. The highest BCUT2D eigenvalue weighted by Crippen LogP contribution is 2.20. The monoisotopic (exact) mass is 194 g/mol. The Kier molecular flexibility index (Phi) is 2.25. The molecule has 1 amide bonds. The van der Waals surface area contributed by atoms with Gasteiger partial charge in [-0.05, 0) is 6.42 Å². The molecule has 0 fully saturated rings. The van der Waals surface area contributed by atoms with Crippen LogP contribution in [-0.2, 0) is 17.9 Å². The fraction of sp³-hybridized carbons (Fsp3) is 0.556. The number of aromatic amines is 1. The Morgan fingerprint density at radius 3 is 3.21 bits per heavy atom. The molecule has 2 heterocycles. The Balaban J connectivity index is 2.04. The Hall–Kier alpha value is -1.36. The van der Waals surface area contributed by atoms with E-state index in [1.165, 1.54) is 0 Å². The fourth-order valence-corrected chi connectivity index (χ4v) is 1.63. The first-order valence-corrected chi connectivity index (χ1v) is 4.78. The maximum absolute atomic E-state index is 11.7. The molecule has 14 heavy (non-hydrogen) atoms. The van der Waals surface area contributed by atoms with Crippen molar-refractivity contribution >= 4 is 5.91 Å². The van der Waals surface area contributed by atoms with Gasteiger partial charge in [-0.3, -0.25) is 9.89 Å². The fourth-order valence-electron chi connectivity index (χ4n) is 1.63. The van der Waals surface area contributed by atoms with Crippen LogP contribution in [0.4, 0.5) is 0 Å². The van der Waals surface area contributed by atoms with Gasteiger partial charge in [0.2, 0.25) is 5.91 Å². The van der Waals surface area contributed by atoms with Crippen molar-refractivity contribution in [3.8, 4) is 0 Å². The van der Waals surface area contributed by atoms with E-state index < -0.39 is 0 Å². The third kappa shape index (κ3) is 1.39. The molecule has 1 aromatic rings. The first-order chi connectivity index (χ1) is 6.72. The normalized spacial score (nSPS) is 16.9. The smallest absolute Gasteiger partial charge is 0.240 e. The molecule has 1 aliphatic heterocycles. The summed E-state index contributed by atoms with van der Waals surface area (Å²) in [4.78, 5) is 13.5. The number of rotatable bonds is 2. The highest BCUT2D eigenvalue weighted by Gasteiger charge is 2.27. The molecule has 1 aliphatic rings. The second-order valence-corrected chi connectivity index (χ2v) is 3.58. The zero-order valence-electron chi connectivity index (χ0n) is 8.16. The van der Waals surface area contributed by atoms with E-state index in [0.717, 1.165) is 11.3 Å². The van der Waals surface area contributed by atoms with Gasteiger partial charge >= 0.3 is 0 Å². The number of nitrogens with two attached hydrogens (primary N) is 1. The molecule has 1 aromatic heterocycles. The number of hydrogen-bond acceptors (Lipinski definition) is 3. The molecule has 3 N–H and O–H groups in total. The lowest BCUT2D eigenvalue weighted by Gasteiger charge is -2.19. The molecule has 0 bridgehead atoms. The molecule has 2 rings (SSSR count). The number of fused-ring (bicyclic) bond motifs is 1. The van der Waals surface area contributed by atoms with Crippen molar-refractivity contribution in [2.75, 3.05) is 0 Å². The summed E-state index contributed by atoms with van der Waals surface area (Å²) in [6.07, 6.45) is 2.45. The number of nitrogens with one attached hydrogen (secondary N) is 1. The maximum atomic E-state index is 11.7. The van der Waals surface area contributed by atoms with Crippen molar-refractivity contribution in [3.63, 3.8) is 0 Å². The van der Waals surface area contributed by atoms with Crippen molar-refractivity contribution in [1.29, 1.82) is 0 Å². The van der Waals surface area contributed by atoms with Crippen LogP contribution in [0, 0.1) is 0 Å². The molecular weight excluding hydrogens is 180 g/mol. The van der Waals surface area contributed by atoms with Crippen LogP contribution in [0.1, 0.15) is 24.6 Å². The average Bonchev–Trinajstić information content (AvgIpc) is 2.74. The van der Waals surface area contributed by atoms with Crippen LogP contribution in [0.25, 0.3) is 0 Å². The lowest BCUT2D eigenvalue weighted by molar-refractivity contribution is -0.133. The molecule has 0 unspecified atom stereocenters. The SMILES string of the molecule is CC[C@H](N)C(=O)N1Cc2cn[nH]c2C1. The molecular formula is C9H14N4O. The highest BCUT2D eigenvalue weighted by molar-refractivity contribution is 5.82. The van der Waals surface area contributed by atoms with Crippen LogP contribution >= 0.6 is 0 Å². The van der Waals surface area contributed by atoms with Gasteiger partial charge < -0.3 is 10.6 Å². The molecule has 0 spiro atoms. The van der Waals surface area contributed by atoms with Crippen LogP contribution in [-0.4, -0.2) is 27.0 Å². The third-order valence-electron chi connectivity index (χ3n) is 2.59. The number of hydrogen-bond donors (Lipinski definition) is 2. The van der Waals surface area contributed by atoms with Gasteiger partial charge in [-0.1, -0.05) is 6.92 Å².